The number of hydrogen-bond acceptors (Lipinski definition) is 5. The molecule has 0 aliphatic heterocycles. The Bertz CT molecular complexity index is 965. The molecule has 0 saturated heterocycles. The first-order valence-corrected chi connectivity index (χ1v) is 8.50. The number of nitrogens with one attached hydrogen (secondary N) is 2. The SMILES string of the molecule is [CH2+]C(C)Nc1ccn(-c2cc(=O)c3ccc(OCCOC)c(Cl)c3[nH]2)n1. The van der Waals surface area contributed by atoms with Crippen molar-refractivity contribution in [3.8, 4) is 11.6 Å². The topological polar surface area (TPSA) is 81.2 Å². The summed E-state index contributed by atoms with van der Waals surface area (Å²) in [6.45, 7) is 6.59. The molecule has 3 rings (SSSR count). The normalized spacial score (nSPS) is 12.3. The minimum Gasteiger partial charge on any atom is -0.490 e. The standard InChI is InChI=1S/C18H19ClN4O3/c1-11(2)20-15-6-7-23(22-15)16-10-13(24)12-4-5-14(26-9-8-25-3)17(19)18(12)21-16/h4-7,10-11H,1,8-9H2,2-3H3,(H-,20,21,22,24)/p+1. The van der Waals surface area contributed by atoms with E-state index >= 15 is 0 Å². The van der Waals surface area contributed by atoms with Crippen molar-refractivity contribution in [2.24, 2.45) is 0 Å². The number of ether oxygens (including phenoxy) is 2. The number of pyridine rings is 1. The molecule has 8 heteroatoms. The summed E-state index contributed by atoms with van der Waals surface area (Å²) in [5.74, 6) is 1.65. The van der Waals surface area contributed by atoms with Gasteiger partial charge in [0.2, 0.25) is 0 Å². The van der Waals surface area contributed by atoms with E-state index in [1.807, 2.05) is 6.92 Å². The highest BCUT2D eigenvalue weighted by Gasteiger charge is 2.13. The van der Waals surface area contributed by atoms with Gasteiger partial charge < -0.3 is 19.8 Å². The fourth-order valence-electron chi connectivity index (χ4n) is 2.51. The van der Waals surface area contributed by atoms with Crippen molar-refractivity contribution in [2.45, 2.75) is 13.0 Å². The van der Waals surface area contributed by atoms with E-state index in [1.165, 1.54) is 6.07 Å². The molecule has 3 aromatic rings. The number of methoxy groups -OCH3 is 1. The number of anilines is 1. The van der Waals surface area contributed by atoms with Crippen molar-refractivity contribution in [3.05, 3.63) is 52.6 Å². The molecule has 0 aliphatic rings. The Balaban J connectivity index is 2.01. The van der Waals surface area contributed by atoms with Gasteiger partial charge in [-0.3, -0.25) is 4.79 Å². The van der Waals surface area contributed by atoms with Crippen LogP contribution in [0.25, 0.3) is 16.7 Å². The Hall–Kier alpha value is -2.64. The number of rotatable bonds is 7. The summed E-state index contributed by atoms with van der Waals surface area (Å²) >= 11 is 6.44. The first-order chi connectivity index (χ1) is 12.5. The Morgan fingerprint density at radius 2 is 2.19 bits per heavy atom. The van der Waals surface area contributed by atoms with Crippen LogP contribution in [0.1, 0.15) is 6.92 Å². The van der Waals surface area contributed by atoms with Crippen LogP contribution in [0.3, 0.4) is 0 Å². The highest BCUT2D eigenvalue weighted by atomic mass is 35.5. The second-order valence-corrected chi connectivity index (χ2v) is 6.23. The fourth-order valence-corrected chi connectivity index (χ4v) is 2.77. The molecule has 1 atom stereocenters. The molecule has 0 radical (unpaired) electrons. The molecule has 0 amide bonds. The van der Waals surface area contributed by atoms with Crippen LogP contribution in [0.15, 0.2) is 35.3 Å². The van der Waals surface area contributed by atoms with Crippen molar-refractivity contribution >= 4 is 28.3 Å². The van der Waals surface area contributed by atoms with Crippen LogP contribution in [-0.4, -0.2) is 41.1 Å². The van der Waals surface area contributed by atoms with Crippen molar-refractivity contribution in [2.75, 3.05) is 25.6 Å². The predicted octanol–water partition coefficient (Wildman–Crippen LogP) is 3.03. The maximum absolute atomic E-state index is 12.5. The molecule has 1 unspecified atom stereocenters. The van der Waals surface area contributed by atoms with E-state index in [0.29, 0.717) is 46.5 Å². The molecular weight excluding hydrogens is 356 g/mol. The van der Waals surface area contributed by atoms with Crippen molar-refractivity contribution in [1.29, 1.82) is 0 Å². The van der Waals surface area contributed by atoms with Gasteiger partial charge in [-0.25, -0.2) is 4.68 Å². The largest absolute Gasteiger partial charge is 0.490 e. The summed E-state index contributed by atoms with van der Waals surface area (Å²) in [4.78, 5) is 15.6. The van der Waals surface area contributed by atoms with E-state index in [2.05, 4.69) is 22.3 Å². The van der Waals surface area contributed by atoms with E-state index in [4.69, 9.17) is 21.1 Å². The minimum absolute atomic E-state index is 0.00949. The molecule has 0 spiro atoms. The first-order valence-electron chi connectivity index (χ1n) is 8.12. The van der Waals surface area contributed by atoms with Crippen molar-refractivity contribution in [1.82, 2.24) is 14.8 Å². The van der Waals surface area contributed by atoms with Gasteiger partial charge in [0, 0.05) is 30.8 Å². The van der Waals surface area contributed by atoms with Gasteiger partial charge in [-0.2, -0.15) is 0 Å². The van der Waals surface area contributed by atoms with Crippen LogP contribution in [0.5, 0.6) is 5.75 Å². The molecule has 2 N–H and O–H groups in total. The second kappa shape index (κ2) is 7.72. The molecule has 0 saturated carbocycles. The van der Waals surface area contributed by atoms with E-state index in [1.54, 1.807) is 36.2 Å². The minimum atomic E-state index is -0.158. The summed E-state index contributed by atoms with van der Waals surface area (Å²) in [7, 11) is 1.59. The zero-order valence-electron chi connectivity index (χ0n) is 14.6. The molecule has 2 heterocycles. The Morgan fingerprint density at radius 1 is 1.38 bits per heavy atom. The lowest BCUT2D eigenvalue weighted by Gasteiger charge is -2.11. The summed E-state index contributed by atoms with van der Waals surface area (Å²) in [6.07, 6.45) is 1.74. The molecular formula is C18H20ClN4O3+. The molecule has 136 valence electrons. The third-order valence-corrected chi connectivity index (χ3v) is 4.04. The lowest BCUT2D eigenvalue weighted by Crippen LogP contribution is -2.12. The van der Waals surface area contributed by atoms with E-state index in [-0.39, 0.29) is 11.5 Å². The average Bonchev–Trinajstić information content (AvgIpc) is 3.05. The van der Waals surface area contributed by atoms with Crippen LogP contribution >= 0.6 is 11.6 Å². The molecule has 0 bridgehead atoms. The highest BCUT2D eigenvalue weighted by molar-refractivity contribution is 6.36. The third-order valence-electron chi connectivity index (χ3n) is 3.67. The first kappa shape index (κ1) is 18.2. The number of halogens is 1. The third kappa shape index (κ3) is 3.79. The smallest absolute Gasteiger partial charge is 0.191 e. The van der Waals surface area contributed by atoms with Crippen LogP contribution < -0.4 is 15.5 Å². The van der Waals surface area contributed by atoms with Crippen molar-refractivity contribution < 1.29 is 9.47 Å². The molecule has 0 aliphatic carbocycles. The number of H-pyrrole nitrogens is 1. The van der Waals surface area contributed by atoms with E-state index < -0.39 is 0 Å². The fraction of sp³-hybridized carbons (Fsp3) is 0.278. The van der Waals surface area contributed by atoms with Gasteiger partial charge in [0.15, 0.2) is 17.3 Å². The van der Waals surface area contributed by atoms with Gasteiger partial charge in [0.25, 0.3) is 0 Å². The number of aromatic nitrogens is 3. The van der Waals surface area contributed by atoms with Gasteiger partial charge in [0.05, 0.1) is 19.0 Å². The highest BCUT2D eigenvalue weighted by Crippen LogP contribution is 2.30. The number of aromatic amines is 1. The average molecular weight is 376 g/mol. The summed E-state index contributed by atoms with van der Waals surface area (Å²) in [6, 6.07) is 6.66. The maximum Gasteiger partial charge on any atom is 0.191 e. The van der Waals surface area contributed by atoms with Gasteiger partial charge in [-0.15, -0.1) is 5.10 Å². The predicted molar refractivity (Wildman–Crippen MR) is 103 cm³/mol. The van der Waals surface area contributed by atoms with E-state index in [9.17, 15) is 4.79 Å². The number of hydrogen-bond donors (Lipinski definition) is 2. The summed E-state index contributed by atoms with van der Waals surface area (Å²) in [5.41, 5.74) is 0.342. The number of benzene rings is 1. The number of fused-ring (bicyclic) bond motifs is 1. The lowest BCUT2D eigenvalue weighted by molar-refractivity contribution is 0.146. The molecule has 7 nitrogen and oxygen atoms in total. The molecule has 1 aromatic carbocycles. The van der Waals surface area contributed by atoms with Crippen LogP contribution in [0.2, 0.25) is 5.02 Å². The summed E-state index contributed by atoms with van der Waals surface area (Å²) < 4.78 is 12.1. The van der Waals surface area contributed by atoms with Crippen molar-refractivity contribution in [3.63, 3.8) is 0 Å². The Kier molecular flexibility index (Phi) is 5.39. The maximum atomic E-state index is 12.5. The van der Waals surface area contributed by atoms with Gasteiger partial charge in [-0.1, -0.05) is 11.6 Å². The molecule has 0 fully saturated rings. The zero-order chi connectivity index (χ0) is 18.7. The van der Waals surface area contributed by atoms with Gasteiger partial charge >= 0.3 is 0 Å². The monoisotopic (exact) mass is 375 g/mol. The van der Waals surface area contributed by atoms with Crippen LogP contribution in [-0.2, 0) is 4.74 Å². The molecule has 2 aromatic heterocycles. The van der Waals surface area contributed by atoms with Gasteiger partial charge in [0.1, 0.15) is 23.2 Å². The van der Waals surface area contributed by atoms with Crippen LogP contribution in [0.4, 0.5) is 5.82 Å². The van der Waals surface area contributed by atoms with Crippen LogP contribution in [0, 0.1) is 6.92 Å². The van der Waals surface area contributed by atoms with Gasteiger partial charge in [-0.05, 0) is 19.1 Å². The Morgan fingerprint density at radius 3 is 2.92 bits per heavy atom. The van der Waals surface area contributed by atoms with E-state index in [0.717, 1.165) is 0 Å². The Labute approximate surface area is 155 Å². The zero-order valence-corrected chi connectivity index (χ0v) is 15.3. The molecule has 26 heavy (non-hydrogen) atoms. The summed E-state index contributed by atoms with van der Waals surface area (Å²) in [5, 5.41) is 8.31. The quantitative estimate of drug-likeness (QED) is 0.490. The lowest BCUT2D eigenvalue weighted by atomic mass is 10.2. The number of nitrogens with zero attached hydrogens (tertiary/aromatic N) is 2. The second-order valence-electron chi connectivity index (χ2n) is 5.85.